The molecule has 2 N–H and O–H groups in total. The highest BCUT2D eigenvalue weighted by atomic mass is 32.2. The monoisotopic (exact) mass is 445 g/mol. The van der Waals surface area contributed by atoms with Crippen LogP contribution >= 0.6 is 0 Å². The van der Waals surface area contributed by atoms with Crippen LogP contribution < -0.4 is 10.6 Å². The predicted octanol–water partition coefficient (Wildman–Crippen LogP) is 3.34. The molecule has 0 aliphatic carbocycles. The molecule has 2 amide bonds. The van der Waals surface area contributed by atoms with Crippen molar-refractivity contribution in [1.82, 2.24) is 14.9 Å². The average Bonchev–Trinajstić information content (AvgIpc) is 3.20. The van der Waals surface area contributed by atoms with Gasteiger partial charge in [0, 0.05) is 26.1 Å². The number of amides is 2. The Labute approximate surface area is 183 Å². The molecule has 0 bridgehead atoms. The van der Waals surface area contributed by atoms with Gasteiger partial charge >= 0.3 is 0 Å². The van der Waals surface area contributed by atoms with Crippen molar-refractivity contribution in [1.29, 1.82) is 0 Å². The minimum absolute atomic E-state index is 0.0128. The van der Waals surface area contributed by atoms with Crippen LogP contribution in [0.25, 0.3) is 0 Å². The Balaban J connectivity index is 1.97. The quantitative estimate of drug-likeness (QED) is 0.336. The van der Waals surface area contributed by atoms with Crippen molar-refractivity contribution in [2.24, 2.45) is 0 Å². The van der Waals surface area contributed by atoms with Gasteiger partial charge in [-0.3, -0.25) is 9.59 Å². The topological polar surface area (TPSA) is 95.6 Å². The summed E-state index contributed by atoms with van der Waals surface area (Å²) in [5.41, 5.74) is 0. The molecule has 1 rings (SSSR count). The molecule has 0 aromatic carbocycles. The number of sulfonamides is 1. The largest absolute Gasteiger partial charge is 0.356 e. The summed E-state index contributed by atoms with van der Waals surface area (Å²) in [5, 5.41) is 5.71. The van der Waals surface area contributed by atoms with Crippen LogP contribution in [-0.2, 0) is 19.6 Å². The molecule has 0 aromatic heterocycles. The first-order chi connectivity index (χ1) is 14.4. The van der Waals surface area contributed by atoms with Crippen LogP contribution in [0.4, 0.5) is 0 Å². The summed E-state index contributed by atoms with van der Waals surface area (Å²) in [7, 11) is -3.36. The molecule has 1 saturated heterocycles. The molecule has 0 aromatic rings. The summed E-state index contributed by atoms with van der Waals surface area (Å²) in [5.74, 6) is -0.248. The van der Waals surface area contributed by atoms with Crippen molar-refractivity contribution < 1.29 is 18.0 Å². The van der Waals surface area contributed by atoms with Gasteiger partial charge < -0.3 is 10.6 Å². The summed E-state index contributed by atoms with van der Waals surface area (Å²) in [6.07, 6.45) is 16.1. The molecule has 30 heavy (non-hydrogen) atoms. The van der Waals surface area contributed by atoms with Gasteiger partial charge in [-0.05, 0) is 25.7 Å². The summed E-state index contributed by atoms with van der Waals surface area (Å²) in [6, 6.07) is -0.606. The normalized spacial score (nSPS) is 17.2. The van der Waals surface area contributed by atoms with Crippen molar-refractivity contribution in [2.75, 3.05) is 25.9 Å². The fraction of sp³-hybridized carbons (Fsp3) is 0.909. The third-order valence-corrected chi connectivity index (χ3v) is 6.95. The number of nitrogens with zero attached hydrogens (tertiary/aromatic N) is 1. The lowest BCUT2D eigenvalue weighted by atomic mass is 10.1. The van der Waals surface area contributed by atoms with E-state index in [0.29, 0.717) is 45.3 Å². The number of hydrogen-bond donors (Lipinski definition) is 2. The molecule has 1 atom stereocenters. The van der Waals surface area contributed by atoms with Gasteiger partial charge in [0.05, 0.1) is 6.26 Å². The van der Waals surface area contributed by atoms with Crippen LogP contribution in [-0.4, -0.2) is 56.5 Å². The second kappa shape index (κ2) is 15.6. The average molecular weight is 446 g/mol. The first-order valence-corrected chi connectivity index (χ1v) is 13.7. The molecule has 1 unspecified atom stereocenters. The zero-order valence-corrected chi connectivity index (χ0v) is 19.9. The lowest BCUT2D eigenvalue weighted by Gasteiger charge is -2.21. The van der Waals surface area contributed by atoms with Gasteiger partial charge in [0.15, 0.2) is 0 Å². The van der Waals surface area contributed by atoms with Crippen molar-refractivity contribution in [3.8, 4) is 0 Å². The fourth-order valence-corrected chi connectivity index (χ4v) is 5.03. The Morgan fingerprint density at radius 2 is 1.43 bits per heavy atom. The van der Waals surface area contributed by atoms with Gasteiger partial charge in [0.1, 0.15) is 6.04 Å². The van der Waals surface area contributed by atoms with E-state index in [4.69, 9.17) is 0 Å². The minimum Gasteiger partial charge on any atom is -0.356 e. The van der Waals surface area contributed by atoms with Gasteiger partial charge in [0.2, 0.25) is 21.8 Å². The number of carbonyl (C=O) groups is 2. The van der Waals surface area contributed by atoms with Crippen LogP contribution in [0.1, 0.15) is 96.8 Å². The number of nitrogens with one attached hydrogen (secondary N) is 2. The summed E-state index contributed by atoms with van der Waals surface area (Å²) >= 11 is 0. The summed E-state index contributed by atoms with van der Waals surface area (Å²) in [4.78, 5) is 24.1. The minimum atomic E-state index is -3.36. The summed E-state index contributed by atoms with van der Waals surface area (Å²) < 4.78 is 24.7. The molecular formula is C22H43N3O4S. The van der Waals surface area contributed by atoms with Crippen LogP contribution in [0, 0.1) is 0 Å². The Bertz CT molecular complexity index is 595. The molecule has 0 spiro atoms. The maximum Gasteiger partial charge on any atom is 0.238 e. The lowest BCUT2D eigenvalue weighted by molar-refractivity contribution is -0.125. The Hall–Kier alpha value is -1.15. The smallest absolute Gasteiger partial charge is 0.238 e. The van der Waals surface area contributed by atoms with Gasteiger partial charge in [-0.25, -0.2) is 8.42 Å². The molecule has 1 heterocycles. The summed E-state index contributed by atoms with van der Waals surface area (Å²) in [6.45, 7) is 3.74. The maximum absolute atomic E-state index is 12.2. The second-order valence-corrected chi connectivity index (χ2v) is 10.4. The van der Waals surface area contributed by atoms with Crippen molar-refractivity contribution in [3.63, 3.8) is 0 Å². The second-order valence-electron chi connectivity index (χ2n) is 8.46. The highest BCUT2D eigenvalue weighted by Crippen LogP contribution is 2.20. The van der Waals surface area contributed by atoms with E-state index < -0.39 is 16.1 Å². The standard InChI is InChI=1S/C22H43N3O4S/c1-3-4-5-6-7-8-9-10-11-12-17-23-21(26)16-13-18-24-22(27)20-15-14-19-25(20)30(2,28)29/h20H,3-19H2,1-2H3,(H,23,26)(H,24,27). The van der Waals surface area contributed by atoms with Crippen molar-refractivity contribution >= 4 is 21.8 Å². The zero-order chi connectivity index (χ0) is 22.2. The highest BCUT2D eigenvalue weighted by Gasteiger charge is 2.36. The van der Waals surface area contributed by atoms with E-state index in [1.54, 1.807) is 0 Å². The first-order valence-electron chi connectivity index (χ1n) is 11.9. The van der Waals surface area contributed by atoms with E-state index in [0.717, 1.165) is 19.1 Å². The molecule has 1 aliphatic rings. The van der Waals surface area contributed by atoms with Crippen LogP contribution in [0.3, 0.4) is 0 Å². The number of carbonyl (C=O) groups excluding carboxylic acids is 2. The van der Waals surface area contributed by atoms with Gasteiger partial charge in [-0.15, -0.1) is 0 Å². The maximum atomic E-state index is 12.2. The molecule has 0 saturated carbocycles. The van der Waals surface area contributed by atoms with E-state index in [2.05, 4.69) is 17.6 Å². The molecule has 1 aliphatic heterocycles. The number of rotatable bonds is 17. The third kappa shape index (κ3) is 11.9. The molecular weight excluding hydrogens is 402 g/mol. The fourth-order valence-electron chi connectivity index (χ4n) is 3.91. The van der Waals surface area contributed by atoms with E-state index >= 15 is 0 Å². The third-order valence-electron chi connectivity index (χ3n) is 5.66. The van der Waals surface area contributed by atoms with Crippen molar-refractivity contribution in [3.05, 3.63) is 0 Å². The molecule has 1 fully saturated rings. The van der Waals surface area contributed by atoms with E-state index in [-0.39, 0.29) is 11.8 Å². The van der Waals surface area contributed by atoms with Crippen LogP contribution in [0.2, 0.25) is 0 Å². The first kappa shape index (κ1) is 26.9. The SMILES string of the molecule is CCCCCCCCCCCCNC(=O)CCCNC(=O)C1CCCN1S(C)(=O)=O. The Morgan fingerprint density at radius 1 is 0.867 bits per heavy atom. The van der Waals surface area contributed by atoms with E-state index in [1.807, 2.05) is 0 Å². The van der Waals surface area contributed by atoms with Crippen LogP contribution in [0.15, 0.2) is 0 Å². The molecule has 7 nitrogen and oxygen atoms in total. The predicted molar refractivity (Wildman–Crippen MR) is 122 cm³/mol. The Kier molecular flexibility index (Phi) is 14.0. The Morgan fingerprint density at radius 3 is 2.03 bits per heavy atom. The number of unbranched alkanes of at least 4 members (excludes halogenated alkanes) is 9. The molecule has 176 valence electrons. The van der Waals surface area contributed by atoms with Crippen LogP contribution in [0.5, 0.6) is 0 Å². The van der Waals surface area contributed by atoms with Gasteiger partial charge in [-0.1, -0.05) is 64.7 Å². The lowest BCUT2D eigenvalue weighted by Crippen LogP contribution is -2.45. The van der Waals surface area contributed by atoms with Crippen molar-refractivity contribution in [2.45, 2.75) is 103 Å². The molecule has 0 radical (unpaired) electrons. The van der Waals surface area contributed by atoms with E-state index in [1.165, 1.54) is 55.7 Å². The number of hydrogen-bond acceptors (Lipinski definition) is 4. The van der Waals surface area contributed by atoms with Gasteiger partial charge in [-0.2, -0.15) is 4.31 Å². The van der Waals surface area contributed by atoms with Gasteiger partial charge in [0.25, 0.3) is 0 Å². The zero-order valence-electron chi connectivity index (χ0n) is 19.1. The molecule has 8 heteroatoms. The highest BCUT2D eigenvalue weighted by molar-refractivity contribution is 7.88. The van der Waals surface area contributed by atoms with E-state index in [9.17, 15) is 18.0 Å².